The Balaban J connectivity index is 2.85. The fourth-order valence-electron chi connectivity index (χ4n) is 0.594. The van der Waals surface area contributed by atoms with E-state index in [0.717, 1.165) is 3.70 Å². The number of rotatable bonds is 1. The lowest BCUT2D eigenvalue weighted by Crippen LogP contribution is -1.95. The first kappa shape index (κ1) is 7.05. The number of imidazole rings is 1. The summed E-state index contributed by atoms with van der Waals surface area (Å²) in [4.78, 5) is 4.09. The van der Waals surface area contributed by atoms with Crippen LogP contribution in [0.1, 0.15) is 19.9 Å². The van der Waals surface area contributed by atoms with E-state index in [2.05, 4.69) is 46.0 Å². The fraction of sp³-hybridized carbons (Fsp3) is 0.500. The Morgan fingerprint density at radius 3 is 2.56 bits per heavy atom. The van der Waals surface area contributed by atoms with Crippen LogP contribution in [0.2, 0.25) is 0 Å². The van der Waals surface area contributed by atoms with Crippen LogP contribution in [0.5, 0.6) is 0 Å². The molecule has 0 spiro atoms. The number of aromatic nitrogens is 2. The standard InChI is InChI=1S/C6H9IN2/c1-5(2)9-3-6(7)8-4-9/h3-5H,1-2H3. The summed E-state index contributed by atoms with van der Waals surface area (Å²) in [6.45, 7) is 4.27. The van der Waals surface area contributed by atoms with Crippen molar-refractivity contribution in [2.24, 2.45) is 0 Å². The van der Waals surface area contributed by atoms with E-state index >= 15 is 0 Å². The molecule has 0 N–H and O–H groups in total. The molecule has 0 bridgehead atoms. The lowest BCUT2D eigenvalue weighted by molar-refractivity contribution is 0.599. The highest BCUT2D eigenvalue weighted by Crippen LogP contribution is 2.06. The van der Waals surface area contributed by atoms with Crippen molar-refractivity contribution in [3.05, 3.63) is 16.2 Å². The van der Waals surface area contributed by atoms with E-state index in [0.29, 0.717) is 6.04 Å². The highest BCUT2D eigenvalue weighted by molar-refractivity contribution is 14.1. The van der Waals surface area contributed by atoms with E-state index in [1.165, 1.54) is 0 Å². The second kappa shape index (κ2) is 2.68. The minimum atomic E-state index is 0.529. The van der Waals surface area contributed by atoms with E-state index in [-0.39, 0.29) is 0 Å². The lowest BCUT2D eigenvalue weighted by Gasteiger charge is -2.02. The molecule has 0 aromatic carbocycles. The van der Waals surface area contributed by atoms with Crippen molar-refractivity contribution < 1.29 is 0 Å². The van der Waals surface area contributed by atoms with E-state index in [1.807, 2.05) is 12.5 Å². The zero-order valence-corrected chi connectivity index (χ0v) is 7.66. The summed E-state index contributed by atoms with van der Waals surface area (Å²) < 4.78 is 3.14. The van der Waals surface area contributed by atoms with Gasteiger partial charge in [0.15, 0.2) is 0 Å². The molecule has 0 aliphatic carbocycles. The van der Waals surface area contributed by atoms with Crippen molar-refractivity contribution in [1.29, 1.82) is 0 Å². The van der Waals surface area contributed by atoms with Crippen molar-refractivity contribution in [2.75, 3.05) is 0 Å². The molecule has 0 aliphatic rings. The monoisotopic (exact) mass is 236 g/mol. The van der Waals surface area contributed by atoms with Crippen molar-refractivity contribution in [3.63, 3.8) is 0 Å². The average Bonchev–Trinajstić information content (AvgIpc) is 2.14. The smallest absolute Gasteiger partial charge is 0.119 e. The molecule has 0 saturated carbocycles. The van der Waals surface area contributed by atoms with E-state index in [9.17, 15) is 0 Å². The number of nitrogens with zero attached hydrogens (tertiary/aromatic N) is 2. The van der Waals surface area contributed by atoms with Crippen LogP contribution in [-0.2, 0) is 0 Å². The third kappa shape index (κ3) is 1.67. The van der Waals surface area contributed by atoms with Gasteiger partial charge in [-0.1, -0.05) is 0 Å². The summed E-state index contributed by atoms with van der Waals surface area (Å²) in [6, 6.07) is 0.529. The first-order valence-corrected chi connectivity index (χ1v) is 3.97. The molecule has 1 rings (SSSR count). The van der Waals surface area contributed by atoms with E-state index < -0.39 is 0 Å². The number of hydrogen-bond acceptors (Lipinski definition) is 1. The van der Waals surface area contributed by atoms with Gasteiger partial charge in [-0.25, -0.2) is 4.98 Å². The Hall–Kier alpha value is -0.0600. The Labute approximate surface area is 68.4 Å². The van der Waals surface area contributed by atoms with Crippen LogP contribution in [0.3, 0.4) is 0 Å². The Morgan fingerprint density at radius 2 is 2.33 bits per heavy atom. The van der Waals surface area contributed by atoms with Crippen LogP contribution in [0.25, 0.3) is 0 Å². The van der Waals surface area contributed by atoms with E-state index in [4.69, 9.17) is 0 Å². The van der Waals surface area contributed by atoms with Crippen molar-refractivity contribution in [3.8, 4) is 0 Å². The van der Waals surface area contributed by atoms with Crippen LogP contribution < -0.4 is 0 Å². The van der Waals surface area contributed by atoms with Crippen LogP contribution >= 0.6 is 22.6 Å². The molecule has 50 valence electrons. The van der Waals surface area contributed by atoms with Crippen LogP contribution in [0.4, 0.5) is 0 Å². The minimum Gasteiger partial charge on any atom is -0.334 e. The zero-order valence-electron chi connectivity index (χ0n) is 5.50. The quantitative estimate of drug-likeness (QED) is 0.682. The molecule has 1 heterocycles. The third-order valence-corrected chi connectivity index (χ3v) is 1.72. The molecular weight excluding hydrogens is 227 g/mol. The molecule has 9 heavy (non-hydrogen) atoms. The van der Waals surface area contributed by atoms with Gasteiger partial charge in [0, 0.05) is 12.2 Å². The molecule has 1 aromatic heterocycles. The summed E-state index contributed by atoms with van der Waals surface area (Å²) in [5.74, 6) is 0. The first-order valence-electron chi connectivity index (χ1n) is 2.89. The summed E-state index contributed by atoms with van der Waals surface area (Å²) in [7, 11) is 0. The molecule has 3 heteroatoms. The van der Waals surface area contributed by atoms with Crippen molar-refractivity contribution in [2.45, 2.75) is 19.9 Å². The Kier molecular flexibility index (Phi) is 2.10. The molecule has 0 radical (unpaired) electrons. The van der Waals surface area contributed by atoms with Crippen molar-refractivity contribution >= 4 is 22.6 Å². The maximum Gasteiger partial charge on any atom is 0.119 e. The maximum absolute atomic E-state index is 4.09. The molecule has 0 fully saturated rings. The molecule has 0 saturated heterocycles. The Bertz CT molecular complexity index is 193. The molecule has 0 aliphatic heterocycles. The largest absolute Gasteiger partial charge is 0.334 e. The topological polar surface area (TPSA) is 17.8 Å². The Morgan fingerprint density at radius 1 is 1.67 bits per heavy atom. The molecule has 2 nitrogen and oxygen atoms in total. The summed E-state index contributed by atoms with van der Waals surface area (Å²) in [5.41, 5.74) is 0. The lowest BCUT2D eigenvalue weighted by atomic mass is 10.4. The van der Waals surface area contributed by atoms with Gasteiger partial charge in [-0.05, 0) is 36.4 Å². The van der Waals surface area contributed by atoms with Gasteiger partial charge in [-0.2, -0.15) is 0 Å². The van der Waals surface area contributed by atoms with Gasteiger partial charge in [0.2, 0.25) is 0 Å². The van der Waals surface area contributed by atoms with Gasteiger partial charge in [0.25, 0.3) is 0 Å². The SMILES string of the molecule is CC(C)n1cnc(I)c1. The highest BCUT2D eigenvalue weighted by Gasteiger charge is 1.96. The molecule has 0 unspecified atom stereocenters. The van der Waals surface area contributed by atoms with Crippen LogP contribution in [0.15, 0.2) is 12.5 Å². The molecule has 0 atom stereocenters. The number of hydrogen-bond donors (Lipinski definition) is 0. The first-order chi connectivity index (χ1) is 4.20. The number of halogens is 1. The third-order valence-electron chi connectivity index (χ3n) is 1.17. The van der Waals surface area contributed by atoms with Gasteiger partial charge in [0.1, 0.15) is 3.70 Å². The van der Waals surface area contributed by atoms with Gasteiger partial charge in [-0.3, -0.25) is 0 Å². The fourth-order valence-corrected chi connectivity index (χ4v) is 1.04. The maximum atomic E-state index is 4.09. The highest BCUT2D eigenvalue weighted by atomic mass is 127. The second-order valence-corrected chi connectivity index (χ2v) is 3.34. The average molecular weight is 236 g/mol. The normalized spacial score (nSPS) is 10.7. The van der Waals surface area contributed by atoms with Crippen LogP contribution in [0, 0.1) is 3.70 Å². The predicted molar refractivity (Wildman–Crippen MR) is 45.3 cm³/mol. The molecule has 1 aromatic rings. The minimum absolute atomic E-state index is 0.529. The van der Waals surface area contributed by atoms with Gasteiger partial charge in [-0.15, -0.1) is 0 Å². The summed E-state index contributed by atoms with van der Waals surface area (Å²) >= 11 is 2.20. The zero-order chi connectivity index (χ0) is 6.85. The molecular formula is C6H9IN2. The predicted octanol–water partition coefficient (Wildman–Crippen LogP) is 2.07. The summed E-state index contributed by atoms with van der Waals surface area (Å²) in [6.07, 6.45) is 3.89. The van der Waals surface area contributed by atoms with Gasteiger partial charge < -0.3 is 4.57 Å². The summed E-state index contributed by atoms with van der Waals surface area (Å²) in [5, 5.41) is 0. The molecule has 0 amide bonds. The second-order valence-electron chi connectivity index (χ2n) is 2.24. The van der Waals surface area contributed by atoms with E-state index in [1.54, 1.807) is 0 Å². The van der Waals surface area contributed by atoms with Gasteiger partial charge >= 0.3 is 0 Å². The van der Waals surface area contributed by atoms with Gasteiger partial charge in [0.05, 0.1) is 6.33 Å². The van der Waals surface area contributed by atoms with Crippen molar-refractivity contribution in [1.82, 2.24) is 9.55 Å². The van der Waals surface area contributed by atoms with Crippen LogP contribution in [-0.4, -0.2) is 9.55 Å².